The topological polar surface area (TPSA) is 50.2 Å². The second-order valence-corrected chi connectivity index (χ2v) is 3.50. The monoisotopic (exact) mass is 285 g/mol. The van der Waals surface area contributed by atoms with Crippen LogP contribution in [0, 0.1) is 0 Å². The molecule has 0 saturated carbocycles. The number of halogens is 4. The van der Waals surface area contributed by atoms with Crippen LogP contribution in [0.15, 0.2) is 10.5 Å². The highest BCUT2D eigenvalue weighted by atomic mass is 79.9. The molecule has 1 heterocycles. The molecule has 3 nitrogen and oxygen atoms in total. The summed E-state index contributed by atoms with van der Waals surface area (Å²) in [5, 5.41) is 8.07. The van der Waals surface area contributed by atoms with Gasteiger partial charge in [0, 0.05) is 0 Å². The van der Waals surface area contributed by atoms with Crippen LogP contribution in [0.3, 0.4) is 0 Å². The molecule has 0 aliphatic heterocycles. The van der Waals surface area contributed by atoms with Crippen molar-refractivity contribution >= 4 is 32.8 Å². The number of nitrogens with zero attached hydrogens (tertiary/aromatic N) is 1. The standard InChI is InChI=1S/C7H3BrClF2NO2/c8-2-1-3(13)5(7(10)11)12-4(2)6(9)14/h1,7,13H. The molecule has 1 N–H and O–H groups in total. The number of rotatable bonds is 2. The second-order valence-electron chi connectivity index (χ2n) is 2.30. The van der Waals surface area contributed by atoms with Crippen LogP contribution in [-0.2, 0) is 0 Å². The highest BCUT2D eigenvalue weighted by Crippen LogP contribution is 2.30. The predicted molar refractivity (Wildman–Crippen MR) is 48.7 cm³/mol. The molecule has 1 aromatic rings. The van der Waals surface area contributed by atoms with Crippen LogP contribution in [0.25, 0.3) is 0 Å². The Bertz CT molecular complexity index is 386. The van der Waals surface area contributed by atoms with Gasteiger partial charge in [-0.1, -0.05) is 0 Å². The van der Waals surface area contributed by atoms with Crippen LogP contribution in [0.4, 0.5) is 8.78 Å². The van der Waals surface area contributed by atoms with Crippen molar-refractivity contribution < 1.29 is 18.7 Å². The van der Waals surface area contributed by atoms with Gasteiger partial charge in [-0.2, -0.15) is 0 Å². The van der Waals surface area contributed by atoms with E-state index >= 15 is 0 Å². The summed E-state index contributed by atoms with van der Waals surface area (Å²) in [6, 6.07) is 0.949. The van der Waals surface area contributed by atoms with Crippen LogP contribution in [-0.4, -0.2) is 15.3 Å². The summed E-state index contributed by atoms with van der Waals surface area (Å²) in [5.74, 6) is -0.687. The molecule has 0 aliphatic carbocycles. The Morgan fingerprint density at radius 1 is 1.64 bits per heavy atom. The molecule has 0 aromatic carbocycles. The first-order valence-electron chi connectivity index (χ1n) is 3.31. The molecule has 1 aromatic heterocycles. The van der Waals surface area contributed by atoms with Crippen molar-refractivity contribution in [3.8, 4) is 5.75 Å². The summed E-state index contributed by atoms with van der Waals surface area (Å²) in [6.45, 7) is 0. The van der Waals surface area contributed by atoms with E-state index in [0.717, 1.165) is 6.07 Å². The Morgan fingerprint density at radius 3 is 2.64 bits per heavy atom. The fourth-order valence-electron chi connectivity index (χ4n) is 0.792. The fraction of sp³-hybridized carbons (Fsp3) is 0.143. The third-order valence-corrected chi connectivity index (χ3v) is 2.16. The van der Waals surface area contributed by atoms with Gasteiger partial charge in [-0.15, -0.1) is 0 Å². The summed E-state index contributed by atoms with van der Waals surface area (Å²) >= 11 is 7.94. The Kier molecular flexibility index (Phi) is 3.38. The van der Waals surface area contributed by atoms with E-state index in [9.17, 15) is 13.6 Å². The smallest absolute Gasteiger partial charge is 0.284 e. The molecule has 0 radical (unpaired) electrons. The number of carbonyl (C=O) groups excluding carboxylic acids is 1. The molecule has 0 unspecified atom stereocenters. The first-order chi connectivity index (χ1) is 6.43. The third-order valence-electron chi connectivity index (χ3n) is 1.38. The van der Waals surface area contributed by atoms with Gasteiger partial charge in [-0.05, 0) is 33.6 Å². The normalized spacial score (nSPS) is 10.6. The van der Waals surface area contributed by atoms with Crippen LogP contribution in [0.5, 0.6) is 5.75 Å². The summed E-state index contributed by atoms with van der Waals surface area (Å²) in [4.78, 5) is 13.9. The fourth-order valence-corrected chi connectivity index (χ4v) is 1.54. The lowest BCUT2D eigenvalue weighted by atomic mass is 10.3. The molecule has 7 heteroatoms. The van der Waals surface area contributed by atoms with Gasteiger partial charge in [0.15, 0.2) is 0 Å². The summed E-state index contributed by atoms with van der Waals surface area (Å²) < 4.78 is 24.5. The number of hydrogen-bond donors (Lipinski definition) is 1. The zero-order valence-electron chi connectivity index (χ0n) is 6.47. The van der Waals surface area contributed by atoms with E-state index in [2.05, 4.69) is 20.9 Å². The number of pyridine rings is 1. The summed E-state index contributed by atoms with van der Waals surface area (Å²) in [6.07, 6.45) is -2.96. The molecular weight excluding hydrogens is 283 g/mol. The van der Waals surface area contributed by atoms with E-state index in [0.29, 0.717) is 0 Å². The van der Waals surface area contributed by atoms with E-state index in [1.807, 2.05) is 0 Å². The maximum Gasteiger partial charge on any atom is 0.284 e. The van der Waals surface area contributed by atoms with Gasteiger partial charge >= 0.3 is 0 Å². The van der Waals surface area contributed by atoms with E-state index in [-0.39, 0.29) is 10.2 Å². The SMILES string of the molecule is O=C(Cl)c1nc(C(F)F)c(O)cc1Br. The molecule has 14 heavy (non-hydrogen) atoms. The minimum atomic E-state index is -2.96. The highest BCUT2D eigenvalue weighted by Gasteiger charge is 2.20. The lowest BCUT2D eigenvalue weighted by Gasteiger charge is -2.05. The van der Waals surface area contributed by atoms with Crippen molar-refractivity contribution in [1.29, 1.82) is 0 Å². The Balaban J connectivity index is 3.34. The largest absolute Gasteiger partial charge is 0.506 e. The number of carbonyl (C=O) groups is 1. The maximum atomic E-state index is 12.2. The summed E-state index contributed by atoms with van der Waals surface area (Å²) in [5.41, 5.74) is -1.21. The van der Waals surface area contributed by atoms with Crippen molar-refractivity contribution in [2.75, 3.05) is 0 Å². The zero-order chi connectivity index (χ0) is 10.9. The molecule has 0 bridgehead atoms. The van der Waals surface area contributed by atoms with Crippen LogP contribution >= 0.6 is 27.5 Å². The number of alkyl halides is 2. The van der Waals surface area contributed by atoms with Gasteiger partial charge in [0.05, 0.1) is 4.47 Å². The van der Waals surface area contributed by atoms with E-state index < -0.39 is 23.1 Å². The quantitative estimate of drug-likeness (QED) is 0.851. The van der Waals surface area contributed by atoms with Gasteiger partial charge in [0.25, 0.3) is 11.7 Å². The molecule has 76 valence electrons. The minimum absolute atomic E-state index is 0.0689. The number of aromatic hydroxyl groups is 1. The van der Waals surface area contributed by atoms with E-state index in [4.69, 9.17) is 16.7 Å². The average Bonchev–Trinajstić information content (AvgIpc) is 2.02. The van der Waals surface area contributed by atoms with Crippen LogP contribution in [0.2, 0.25) is 0 Å². The van der Waals surface area contributed by atoms with Gasteiger partial charge in [0.2, 0.25) is 0 Å². The van der Waals surface area contributed by atoms with E-state index in [1.54, 1.807) is 0 Å². The van der Waals surface area contributed by atoms with Gasteiger partial charge in [-0.25, -0.2) is 13.8 Å². The van der Waals surface area contributed by atoms with Crippen LogP contribution in [0.1, 0.15) is 22.6 Å². The molecule has 0 aliphatic rings. The van der Waals surface area contributed by atoms with Gasteiger partial charge < -0.3 is 5.11 Å². The minimum Gasteiger partial charge on any atom is -0.506 e. The van der Waals surface area contributed by atoms with E-state index in [1.165, 1.54) is 0 Å². The zero-order valence-corrected chi connectivity index (χ0v) is 8.81. The van der Waals surface area contributed by atoms with Gasteiger partial charge in [0.1, 0.15) is 17.1 Å². The second kappa shape index (κ2) is 4.18. The van der Waals surface area contributed by atoms with Crippen LogP contribution < -0.4 is 0 Å². The third kappa shape index (κ3) is 2.19. The molecule has 0 spiro atoms. The Morgan fingerprint density at radius 2 is 2.21 bits per heavy atom. The molecule has 0 atom stereocenters. The van der Waals surface area contributed by atoms with Crippen molar-refractivity contribution in [1.82, 2.24) is 4.98 Å². The number of hydrogen-bond acceptors (Lipinski definition) is 3. The van der Waals surface area contributed by atoms with Crippen molar-refractivity contribution in [2.24, 2.45) is 0 Å². The predicted octanol–water partition coefficient (Wildman–Crippen LogP) is 2.87. The molecule has 0 amide bonds. The Hall–Kier alpha value is -0.750. The van der Waals surface area contributed by atoms with Gasteiger partial charge in [-0.3, -0.25) is 4.79 Å². The van der Waals surface area contributed by atoms with Crippen molar-refractivity contribution in [2.45, 2.75) is 6.43 Å². The molecular formula is C7H3BrClF2NO2. The Labute approximate surface area is 90.8 Å². The summed E-state index contributed by atoms with van der Waals surface area (Å²) in [7, 11) is 0. The van der Waals surface area contributed by atoms with Crippen molar-refractivity contribution in [3.63, 3.8) is 0 Å². The molecule has 0 saturated heterocycles. The lowest BCUT2D eigenvalue weighted by molar-refractivity contribution is 0.107. The number of aromatic nitrogens is 1. The first-order valence-corrected chi connectivity index (χ1v) is 4.48. The van der Waals surface area contributed by atoms with Crippen molar-refractivity contribution in [3.05, 3.63) is 21.9 Å². The maximum absolute atomic E-state index is 12.2. The molecule has 0 fully saturated rings. The highest BCUT2D eigenvalue weighted by molar-refractivity contribution is 9.10. The average molecular weight is 286 g/mol. The molecule has 1 rings (SSSR count). The lowest BCUT2D eigenvalue weighted by Crippen LogP contribution is -2.01. The first kappa shape index (κ1) is 11.3.